The highest BCUT2D eigenvalue weighted by Gasteiger charge is 2.11. The van der Waals surface area contributed by atoms with Gasteiger partial charge in [0.25, 0.3) is 11.1 Å². The lowest BCUT2D eigenvalue weighted by atomic mass is 10.1. The third-order valence-electron chi connectivity index (χ3n) is 2.89. The van der Waals surface area contributed by atoms with Gasteiger partial charge in [-0.05, 0) is 18.2 Å². The van der Waals surface area contributed by atoms with E-state index in [4.69, 9.17) is 11.6 Å². The van der Waals surface area contributed by atoms with Crippen molar-refractivity contribution >= 4 is 33.9 Å². The Hall–Kier alpha value is -2.67. The largest absolute Gasteiger partial charge is 0.337 e. The van der Waals surface area contributed by atoms with Crippen molar-refractivity contribution in [2.24, 2.45) is 0 Å². The van der Waals surface area contributed by atoms with Crippen LogP contribution in [0.25, 0.3) is 10.8 Å². The number of benzene rings is 1. The van der Waals surface area contributed by atoms with E-state index in [2.05, 4.69) is 20.5 Å². The fourth-order valence-electron chi connectivity index (χ4n) is 1.97. The first kappa shape index (κ1) is 13.3. The first-order chi connectivity index (χ1) is 10.1. The number of pyridine rings is 1. The summed E-state index contributed by atoms with van der Waals surface area (Å²) in [4.78, 5) is 27.4. The van der Waals surface area contributed by atoms with E-state index < -0.39 is 16.9 Å². The van der Waals surface area contributed by atoms with E-state index in [-0.39, 0.29) is 27.3 Å². The predicted octanol–water partition coefficient (Wildman–Crippen LogP) is 2.15. The lowest BCUT2D eigenvalue weighted by Gasteiger charge is -2.08. The maximum atomic E-state index is 13.8. The Morgan fingerprint density at radius 2 is 1.95 bits per heavy atom. The van der Waals surface area contributed by atoms with E-state index in [0.29, 0.717) is 0 Å². The summed E-state index contributed by atoms with van der Waals surface area (Å²) in [5, 5.41) is 7.61. The third-order valence-corrected chi connectivity index (χ3v) is 3.09. The summed E-state index contributed by atoms with van der Waals surface area (Å²) in [5.74, 6) is -0.757. The molecular weight excluding hydrogens is 299 g/mol. The van der Waals surface area contributed by atoms with Crippen LogP contribution in [0.1, 0.15) is 0 Å². The van der Waals surface area contributed by atoms with Crippen LogP contribution in [-0.2, 0) is 0 Å². The summed E-state index contributed by atoms with van der Waals surface area (Å²) in [6, 6.07) is 5.72. The molecule has 3 aromatic rings. The van der Waals surface area contributed by atoms with Gasteiger partial charge < -0.3 is 5.32 Å². The molecular formula is C13H8ClFN4O2. The molecule has 0 atom stereocenters. The first-order valence-electron chi connectivity index (χ1n) is 5.88. The Morgan fingerprint density at radius 1 is 1.19 bits per heavy atom. The van der Waals surface area contributed by atoms with Gasteiger partial charge in [0, 0.05) is 6.20 Å². The average Bonchev–Trinajstić information content (AvgIpc) is 2.46. The zero-order valence-electron chi connectivity index (χ0n) is 10.4. The number of halogens is 2. The Bertz CT molecular complexity index is 951. The van der Waals surface area contributed by atoms with Crippen LogP contribution in [0.5, 0.6) is 0 Å². The molecule has 3 N–H and O–H groups in total. The molecule has 0 saturated carbocycles. The summed E-state index contributed by atoms with van der Waals surface area (Å²) >= 11 is 5.63. The maximum absolute atomic E-state index is 13.8. The molecule has 8 heteroatoms. The zero-order valence-corrected chi connectivity index (χ0v) is 11.2. The molecule has 2 aromatic heterocycles. The Morgan fingerprint density at radius 3 is 2.71 bits per heavy atom. The predicted molar refractivity (Wildman–Crippen MR) is 77.7 cm³/mol. The molecule has 0 aliphatic heterocycles. The summed E-state index contributed by atoms with van der Waals surface area (Å²) in [5.41, 5.74) is -0.673. The fourth-order valence-corrected chi connectivity index (χ4v) is 2.11. The Labute approximate surface area is 121 Å². The quantitative estimate of drug-likeness (QED) is 0.676. The topological polar surface area (TPSA) is 90.6 Å². The van der Waals surface area contributed by atoms with E-state index in [1.165, 1.54) is 12.3 Å². The van der Waals surface area contributed by atoms with E-state index in [1.807, 2.05) is 0 Å². The van der Waals surface area contributed by atoms with Gasteiger partial charge >= 0.3 is 0 Å². The molecule has 0 aliphatic rings. The number of fused-ring (bicyclic) bond motifs is 1. The molecule has 106 valence electrons. The zero-order chi connectivity index (χ0) is 15.0. The van der Waals surface area contributed by atoms with E-state index >= 15 is 0 Å². The molecule has 0 amide bonds. The highest BCUT2D eigenvalue weighted by molar-refractivity contribution is 6.30. The van der Waals surface area contributed by atoms with Crippen LogP contribution in [0.15, 0.2) is 40.1 Å². The van der Waals surface area contributed by atoms with Crippen LogP contribution in [0.4, 0.5) is 15.9 Å². The number of hydrogen-bond acceptors (Lipinski definition) is 4. The van der Waals surface area contributed by atoms with Crippen molar-refractivity contribution in [3.05, 3.63) is 62.0 Å². The summed E-state index contributed by atoms with van der Waals surface area (Å²) < 4.78 is 13.8. The van der Waals surface area contributed by atoms with E-state index in [0.717, 1.165) is 6.07 Å². The summed E-state index contributed by atoms with van der Waals surface area (Å²) in [6.45, 7) is 0. The van der Waals surface area contributed by atoms with Gasteiger partial charge in [-0.3, -0.25) is 19.8 Å². The normalized spacial score (nSPS) is 10.8. The van der Waals surface area contributed by atoms with Gasteiger partial charge in [-0.15, -0.1) is 0 Å². The molecule has 0 radical (unpaired) electrons. The molecule has 0 bridgehead atoms. The molecule has 0 spiro atoms. The molecule has 0 aliphatic carbocycles. The van der Waals surface area contributed by atoms with Gasteiger partial charge in [0.1, 0.15) is 0 Å². The van der Waals surface area contributed by atoms with Crippen LogP contribution >= 0.6 is 11.6 Å². The molecule has 1 aromatic carbocycles. The van der Waals surface area contributed by atoms with Crippen molar-refractivity contribution in [1.29, 1.82) is 0 Å². The molecule has 3 rings (SSSR count). The lowest BCUT2D eigenvalue weighted by Crippen LogP contribution is -2.19. The van der Waals surface area contributed by atoms with Crippen LogP contribution < -0.4 is 16.4 Å². The molecule has 21 heavy (non-hydrogen) atoms. The van der Waals surface area contributed by atoms with Crippen LogP contribution in [0.2, 0.25) is 5.02 Å². The van der Waals surface area contributed by atoms with Gasteiger partial charge in [-0.25, -0.2) is 9.37 Å². The molecule has 0 saturated heterocycles. The third kappa shape index (κ3) is 2.38. The lowest BCUT2D eigenvalue weighted by molar-refractivity contribution is 0.626. The second-order valence-corrected chi connectivity index (χ2v) is 4.68. The number of hydrogen-bond donors (Lipinski definition) is 3. The molecule has 2 heterocycles. The van der Waals surface area contributed by atoms with Crippen LogP contribution in [-0.4, -0.2) is 15.2 Å². The van der Waals surface area contributed by atoms with Gasteiger partial charge in [0.15, 0.2) is 11.6 Å². The van der Waals surface area contributed by atoms with Crippen molar-refractivity contribution in [3.63, 3.8) is 0 Å². The second-order valence-electron chi connectivity index (χ2n) is 4.25. The monoisotopic (exact) mass is 306 g/mol. The van der Waals surface area contributed by atoms with Crippen molar-refractivity contribution in [2.75, 3.05) is 5.32 Å². The smallest absolute Gasteiger partial charge is 0.272 e. The first-order valence-corrected chi connectivity index (χ1v) is 6.26. The maximum Gasteiger partial charge on any atom is 0.272 e. The number of rotatable bonds is 2. The second kappa shape index (κ2) is 5.02. The van der Waals surface area contributed by atoms with Crippen LogP contribution in [0, 0.1) is 5.82 Å². The van der Waals surface area contributed by atoms with Gasteiger partial charge in [-0.1, -0.05) is 17.7 Å². The van der Waals surface area contributed by atoms with Gasteiger partial charge in [-0.2, -0.15) is 0 Å². The summed E-state index contributed by atoms with van der Waals surface area (Å²) in [7, 11) is 0. The number of anilines is 2. The molecule has 0 unspecified atom stereocenters. The van der Waals surface area contributed by atoms with Crippen molar-refractivity contribution in [1.82, 2.24) is 15.2 Å². The number of nitrogens with zero attached hydrogens (tertiary/aromatic N) is 1. The highest BCUT2D eigenvalue weighted by Crippen LogP contribution is 2.23. The average molecular weight is 307 g/mol. The summed E-state index contributed by atoms with van der Waals surface area (Å²) in [6.07, 6.45) is 1.27. The Balaban J connectivity index is 2.20. The van der Waals surface area contributed by atoms with Crippen molar-refractivity contribution in [2.45, 2.75) is 0 Å². The van der Waals surface area contributed by atoms with Crippen molar-refractivity contribution < 1.29 is 4.39 Å². The van der Waals surface area contributed by atoms with Gasteiger partial charge in [0.05, 0.1) is 21.5 Å². The minimum Gasteiger partial charge on any atom is -0.337 e. The van der Waals surface area contributed by atoms with Crippen molar-refractivity contribution in [3.8, 4) is 0 Å². The molecule has 6 nitrogen and oxygen atoms in total. The molecule has 0 fully saturated rings. The highest BCUT2D eigenvalue weighted by atomic mass is 35.5. The SMILES string of the molecule is O=c1[nH][nH]c(=O)c2c(Nc3ncc(Cl)cc3F)cccc12. The number of aromatic nitrogens is 3. The Kier molecular flexibility index (Phi) is 3.19. The minimum atomic E-state index is -0.666. The fraction of sp³-hybridized carbons (Fsp3) is 0. The van der Waals surface area contributed by atoms with E-state index in [1.54, 1.807) is 12.1 Å². The minimum absolute atomic E-state index is 0.0911. The number of nitrogens with one attached hydrogen (secondary N) is 3. The standard InChI is InChI=1S/C13H8ClFN4O2/c14-6-4-8(15)11(16-5-6)17-9-3-1-2-7-10(9)13(21)19-18-12(7)20/h1-5H,(H,16,17)(H,18,20)(H,19,21). The number of aromatic amines is 2. The number of H-pyrrole nitrogens is 2. The van der Waals surface area contributed by atoms with Crippen LogP contribution in [0.3, 0.4) is 0 Å². The van der Waals surface area contributed by atoms with Gasteiger partial charge in [0.2, 0.25) is 0 Å². The van der Waals surface area contributed by atoms with E-state index in [9.17, 15) is 14.0 Å².